The van der Waals surface area contributed by atoms with Crippen molar-refractivity contribution in [2.45, 2.75) is 19.9 Å². The third-order valence-electron chi connectivity index (χ3n) is 3.41. The van der Waals surface area contributed by atoms with E-state index >= 15 is 0 Å². The lowest BCUT2D eigenvalue weighted by atomic mass is 10.1. The predicted molar refractivity (Wildman–Crippen MR) is 81.1 cm³/mol. The van der Waals surface area contributed by atoms with E-state index in [1.807, 2.05) is 0 Å². The molecule has 96 valence electrons. The molecule has 0 radical (unpaired) electrons. The molecular formula is C16H16BrN2+. The summed E-state index contributed by atoms with van der Waals surface area (Å²) in [6, 6.07) is 10.7. The van der Waals surface area contributed by atoms with Crippen LogP contribution >= 0.6 is 15.9 Å². The molecule has 3 heteroatoms. The van der Waals surface area contributed by atoms with Gasteiger partial charge in [0, 0.05) is 39.6 Å². The zero-order valence-corrected chi connectivity index (χ0v) is 12.4. The van der Waals surface area contributed by atoms with Crippen molar-refractivity contribution in [3.05, 3.63) is 64.5 Å². The maximum Gasteiger partial charge on any atom is 0.172 e. The number of halogens is 1. The third-order valence-corrected chi connectivity index (χ3v) is 3.90. The van der Waals surface area contributed by atoms with E-state index in [9.17, 15) is 0 Å². The van der Waals surface area contributed by atoms with Gasteiger partial charge in [-0.1, -0.05) is 15.9 Å². The summed E-state index contributed by atoms with van der Waals surface area (Å²) < 4.78 is 3.33. The van der Waals surface area contributed by atoms with Crippen LogP contribution in [0.2, 0.25) is 0 Å². The fourth-order valence-corrected chi connectivity index (χ4v) is 2.76. The van der Waals surface area contributed by atoms with Gasteiger partial charge in [0.25, 0.3) is 0 Å². The second-order valence-electron chi connectivity index (χ2n) is 4.72. The molecule has 2 heterocycles. The van der Waals surface area contributed by atoms with Gasteiger partial charge in [-0.25, -0.2) is 4.57 Å². The number of hydrogen-bond donors (Lipinski definition) is 1. The van der Waals surface area contributed by atoms with Crippen molar-refractivity contribution in [1.82, 2.24) is 4.98 Å². The van der Waals surface area contributed by atoms with Crippen LogP contribution in [0.5, 0.6) is 0 Å². The van der Waals surface area contributed by atoms with Crippen LogP contribution in [-0.2, 0) is 13.0 Å². The van der Waals surface area contributed by atoms with E-state index in [1.54, 1.807) is 0 Å². The summed E-state index contributed by atoms with van der Waals surface area (Å²) >= 11 is 3.54. The van der Waals surface area contributed by atoms with Crippen LogP contribution in [0.4, 0.5) is 0 Å². The smallest absolute Gasteiger partial charge is 0.172 e. The molecule has 2 nitrogen and oxygen atoms in total. The lowest BCUT2D eigenvalue weighted by molar-refractivity contribution is -0.693. The molecule has 0 bridgehead atoms. The number of H-pyrrole nitrogens is 1. The Morgan fingerprint density at radius 1 is 1.26 bits per heavy atom. The number of rotatable bonds is 3. The van der Waals surface area contributed by atoms with Crippen molar-refractivity contribution in [3.8, 4) is 0 Å². The average molecular weight is 316 g/mol. The molecule has 0 saturated heterocycles. The summed E-state index contributed by atoms with van der Waals surface area (Å²) in [6.45, 7) is 3.17. The quantitative estimate of drug-likeness (QED) is 0.709. The second-order valence-corrected chi connectivity index (χ2v) is 5.64. The number of fused-ring (bicyclic) bond motifs is 1. The SMILES string of the molecule is CC[n+]1cccc(Cc2c[nH]c3ccc(Br)cc23)c1. The number of nitrogens with zero attached hydrogens (tertiary/aromatic N) is 1. The van der Waals surface area contributed by atoms with E-state index in [0.717, 1.165) is 17.4 Å². The zero-order valence-electron chi connectivity index (χ0n) is 10.9. The molecular weight excluding hydrogens is 300 g/mol. The number of aryl methyl sites for hydroxylation is 1. The molecule has 0 atom stereocenters. The molecule has 0 aliphatic rings. The number of aromatic amines is 1. The van der Waals surface area contributed by atoms with E-state index in [-0.39, 0.29) is 0 Å². The summed E-state index contributed by atoms with van der Waals surface area (Å²) in [5.74, 6) is 0. The average Bonchev–Trinajstić information content (AvgIpc) is 2.81. The Labute approximate surface area is 121 Å². The first-order valence-corrected chi connectivity index (χ1v) is 7.29. The summed E-state index contributed by atoms with van der Waals surface area (Å²) in [4.78, 5) is 3.34. The highest BCUT2D eigenvalue weighted by molar-refractivity contribution is 9.10. The van der Waals surface area contributed by atoms with Gasteiger partial charge in [0.1, 0.15) is 6.54 Å². The number of hydrogen-bond acceptors (Lipinski definition) is 0. The molecule has 1 aromatic carbocycles. The van der Waals surface area contributed by atoms with Gasteiger partial charge in [0.05, 0.1) is 0 Å². The maximum atomic E-state index is 3.54. The Bertz CT molecular complexity index is 716. The van der Waals surface area contributed by atoms with Gasteiger partial charge < -0.3 is 4.98 Å². The fraction of sp³-hybridized carbons (Fsp3) is 0.188. The van der Waals surface area contributed by atoms with Crippen LogP contribution in [-0.4, -0.2) is 4.98 Å². The number of nitrogens with one attached hydrogen (secondary N) is 1. The first-order valence-electron chi connectivity index (χ1n) is 6.50. The summed E-state index contributed by atoms with van der Waals surface area (Å²) in [7, 11) is 0. The van der Waals surface area contributed by atoms with Gasteiger partial charge in [0.2, 0.25) is 0 Å². The van der Waals surface area contributed by atoms with E-state index < -0.39 is 0 Å². The van der Waals surface area contributed by atoms with Crippen LogP contribution in [0.25, 0.3) is 10.9 Å². The minimum Gasteiger partial charge on any atom is -0.361 e. The van der Waals surface area contributed by atoms with Gasteiger partial charge in [-0.15, -0.1) is 0 Å². The van der Waals surface area contributed by atoms with Crippen molar-refractivity contribution in [3.63, 3.8) is 0 Å². The highest BCUT2D eigenvalue weighted by Gasteiger charge is 2.07. The van der Waals surface area contributed by atoms with Crippen LogP contribution in [0.15, 0.2) is 53.4 Å². The van der Waals surface area contributed by atoms with Crippen molar-refractivity contribution >= 4 is 26.8 Å². The Balaban J connectivity index is 1.98. The fourth-order valence-electron chi connectivity index (χ4n) is 2.39. The first-order chi connectivity index (χ1) is 9.26. The van der Waals surface area contributed by atoms with Crippen LogP contribution in [0.1, 0.15) is 18.1 Å². The Morgan fingerprint density at radius 3 is 3.00 bits per heavy atom. The minimum atomic E-state index is 0.956. The summed E-state index contributed by atoms with van der Waals surface area (Å²) in [5.41, 5.74) is 3.87. The molecule has 0 saturated carbocycles. The molecule has 0 fully saturated rings. The normalized spacial score (nSPS) is 11.1. The molecule has 0 aliphatic carbocycles. The van der Waals surface area contributed by atoms with Gasteiger partial charge in [-0.05, 0) is 36.8 Å². The Hall–Kier alpha value is -1.61. The molecule has 1 N–H and O–H groups in total. The van der Waals surface area contributed by atoms with E-state index in [4.69, 9.17) is 0 Å². The van der Waals surface area contributed by atoms with Crippen molar-refractivity contribution in [2.75, 3.05) is 0 Å². The van der Waals surface area contributed by atoms with Crippen molar-refractivity contribution < 1.29 is 4.57 Å². The van der Waals surface area contributed by atoms with Crippen LogP contribution < -0.4 is 4.57 Å². The highest BCUT2D eigenvalue weighted by atomic mass is 79.9. The molecule has 3 aromatic rings. The Kier molecular flexibility index (Phi) is 3.38. The molecule has 19 heavy (non-hydrogen) atoms. The number of pyridine rings is 1. The molecule has 0 unspecified atom stereocenters. The van der Waals surface area contributed by atoms with E-state index in [2.05, 4.69) is 81.3 Å². The third kappa shape index (κ3) is 2.56. The van der Waals surface area contributed by atoms with Crippen molar-refractivity contribution in [1.29, 1.82) is 0 Å². The Morgan fingerprint density at radius 2 is 2.16 bits per heavy atom. The predicted octanol–water partition coefficient (Wildman–Crippen LogP) is 3.83. The lowest BCUT2D eigenvalue weighted by Crippen LogP contribution is -2.31. The minimum absolute atomic E-state index is 0.956. The van der Waals surface area contributed by atoms with Crippen LogP contribution in [0, 0.1) is 0 Å². The molecule has 2 aromatic heterocycles. The molecule has 0 aliphatic heterocycles. The topological polar surface area (TPSA) is 19.7 Å². The number of aromatic nitrogens is 2. The van der Waals surface area contributed by atoms with Gasteiger partial charge >= 0.3 is 0 Å². The first kappa shape index (κ1) is 12.4. The maximum absolute atomic E-state index is 3.54. The monoisotopic (exact) mass is 315 g/mol. The van der Waals surface area contributed by atoms with E-state index in [0.29, 0.717) is 0 Å². The largest absolute Gasteiger partial charge is 0.361 e. The molecule has 3 rings (SSSR count). The van der Waals surface area contributed by atoms with Gasteiger partial charge in [-0.3, -0.25) is 0 Å². The van der Waals surface area contributed by atoms with Gasteiger partial charge in [-0.2, -0.15) is 0 Å². The standard InChI is InChI=1S/C16H16BrN2/c1-2-19-7-3-4-12(11-19)8-13-10-18-16-6-5-14(17)9-15(13)16/h3-7,9-11,18H,2,8H2,1H3/q+1. The van der Waals surface area contributed by atoms with E-state index in [1.165, 1.54) is 22.0 Å². The lowest BCUT2D eigenvalue weighted by Gasteiger charge is -2.00. The summed E-state index contributed by atoms with van der Waals surface area (Å²) in [5, 5.41) is 1.29. The van der Waals surface area contributed by atoms with Gasteiger partial charge in [0.15, 0.2) is 12.4 Å². The van der Waals surface area contributed by atoms with Crippen molar-refractivity contribution in [2.24, 2.45) is 0 Å². The zero-order chi connectivity index (χ0) is 13.2. The molecule has 0 amide bonds. The highest BCUT2D eigenvalue weighted by Crippen LogP contribution is 2.24. The number of benzene rings is 1. The summed E-state index contributed by atoms with van der Waals surface area (Å²) in [6.07, 6.45) is 7.39. The molecule has 0 spiro atoms. The van der Waals surface area contributed by atoms with Crippen LogP contribution in [0.3, 0.4) is 0 Å². The second kappa shape index (κ2) is 5.17.